The number of rotatable bonds is 2. The van der Waals surface area contributed by atoms with Gasteiger partial charge in [-0.1, -0.05) is 212 Å². The summed E-state index contributed by atoms with van der Waals surface area (Å²) in [6.07, 6.45) is 0. The monoisotopic (exact) mass is 873 g/mol. The molecule has 0 bridgehead atoms. The van der Waals surface area contributed by atoms with Gasteiger partial charge in [0.2, 0.25) is 5.95 Å². The zero-order chi connectivity index (χ0) is 45.0. The molecule has 0 N–H and O–H groups in total. The Kier molecular flexibility index (Phi) is 7.21. The highest BCUT2D eigenvalue weighted by molar-refractivity contribution is 6.20. The molecule has 11 aromatic carbocycles. The van der Waals surface area contributed by atoms with Gasteiger partial charge < -0.3 is 0 Å². The molecule has 0 amide bonds. The van der Waals surface area contributed by atoms with E-state index in [1.54, 1.807) is 0 Å². The summed E-state index contributed by atoms with van der Waals surface area (Å²) in [5.74, 6) is 0.653. The van der Waals surface area contributed by atoms with Crippen molar-refractivity contribution >= 4 is 54.3 Å². The Bertz CT molecular complexity index is 4310. The van der Waals surface area contributed by atoms with E-state index in [0.717, 1.165) is 33.2 Å². The fourth-order valence-electron chi connectivity index (χ4n) is 13.4. The fourth-order valence-corrected chi connectivity index (χ4v) is 13.4. The number of benzene rings is 11. The lowest BCUT2D eigenvalue weighted by Gasteiger charge is -2.48. The molecule has 0 aliphatic heterocycles. The highest BCUT2D eigenvalue weighted by Gasteiger charge is 2.59. The summed E-state index contributed by atoms with van der Waals surface area (Å²) in [6, 6.07) is 88.2. The van der Waals surface area contributed by atoms with Crippen molar-refractivity contribution in [3.05, 3.63) is 281 Å². The van der Waals surface area contributed by atoms with Gasteiger partial charge in [-0.05, 0) is 107 Å². The van der Waals surface area contributed by atoms with Crippen LogP contribution in [0.5, 0.6) is 0 Å². The van der Waals surface area contributed by atoms with Crippen LogP contribution in [0.2, 0.25) is 0 Å². The first kappa shape index (κ1) is 37.2. The van der Waals surface area contributed by atoms with Crippen LogP contribution in [0.4, 0.5) is 0 Å². The van der Waals surface area contributed by atoms with E-state index in [4.69, 9.17) is 9.97 Å². The molecule has 69 heavy (non-hydrogen) atoms. The Hall–Kier alpha value is -8.92. The van der Waals surface area contributed by atoms with Crippen molar-refractivity contribution in [1.29, 1.82) is 0 Å². The highest BCUT2D eigenvalue weighted by Crippen LogP contribution is 2.67. The molecule has 0 atom stereocenters. The van der Waals surface area contributed by atoms with Gasteiger partial charge in [0.05, 0.1) is 33.1 Å². The third-order valence-corrected chi connectivity index (χ3v) is 16.1. The number of hydrogen-bond acceptors (Lipinski definition) is 2. The molecule has 0 radical (unpaired) electrons. The molecule has 0 unspecified atom stereocenters. The maximum Gasteiger partial charge on any atom is 0.235 e. The zero-order valence-electron chi connectivity index (χ0n) is 37.4. The second kappa shape index (κ2) is 13.4. The lowest BCUT2D eigenvalue weighted by atomic mass is 9.52. The van der Waals surface area contributed by atoms with Crippen LogP contribution in [0.15, 0.2) is 237 Å². The van der Waals surface area contributed by atoms with E-state index in [1.807, 2.05) is 0 Å². The predicted molar refractivity (Wildman–Crippen MR) is 282 cm³/mol. The molecule has 3 aliphatic carbocycles. The van der Waals surface area contributed by atoms with Crippen molar-refractivity contribution < 1.29 is 0 Å². The average molecular weight is 874 g/mol. The van der Waals surface area contributed by atoms with Crippen molar-refractivity contribution in [3.63, 3.8) is 0 Å². The van der Waals surface area contributed by atoms with Crippen molar-refractivity contribution in [3.8, 4) is 39.5 Å². The summed E-state index contributed by atoms with van der Waals surface area (Å²) in [4.78, 5) is 11.2. The average Bonchev–Trinajstić information content (AvgIpc) is 4.02. The van der Waals surface area contributed by atoms with Crippen LogP contribution in [0.25, 0.3) is 93.7 Å². The lowest BCUT2D eigenvalue weighted by Crippen LogP contribution is -2.43. The van der Waals surface area contributed by atoms with Gasteiger partial charge in [0.25, 0.3) is 0 Å². The summed E-state index contributed by atoms with van der Waals surface area (Å²) in [5, 5.41) is 8.11. The van der Waals surface area contributed by atoms with E-state index in [0.29, 0.717) is 5.95 Å². The largest absolute Gasteiger partial charge is 0.277 e. The van der Waals surface area contributed by atoms with Crippen LogP contribution >= 0.6 is 0 Å². The first-order valence-corrected chi connectivity index (χ1v) is 24.0. The molecule has 318 valence electrons. The number of hydrogen-bond donors (Lipinski definition) is 0. The number of fused-ring (bicyclic) bond motifs is 23. The van der Waals surface area contributed by atoms with E-state index in [2.05, 4.69) is 241 Å². The zero-order valence-corrected chi connectivity index (χ0v) is 37.4. The van der Waals surface area contributed by atoms with Crippen molar-refractivity contribution in [2.75, 3.05) is 0 Å². The van der Waals surface area contributed by atoms with Gasteiger partial charge in [0, 0.05) is 27.1 Å². The van der Waals surface area contributed by atoms with Crippen molar-refractivity contribution in [1.82, 2.24) is 14.5 Å². The van der Waals surface area contributed by atoms with Crippen LogP contribution in [0.1, 0.15) is 44.5 Å². The molecule has 0 saturated carbocycles. The Morgan fingerprint density at radius 2 is 0.797 bits per heavy atom. The van der Waals surface area contributed by atoms with Crippen LogP contribution in [-0.4, -0.2) is 14.5 Å². The van der Waals surface area contributed by atoms with Gasteiger partial charge in [-0.2, -0.15) is 0 Å². The van der Waals surface area contributed by atoms with Gasteiger partial charge in [0.1, 0.15) is 0 Å². The smallest absolute Gasteiger partial charge is 0.235 e. The summed E-state index contributed by atoms with van der Waals surface area (Å²) < 4.78 is 2.38. The Morgan fingerprint density at radius 1 is 0.304 bits per heavy atom. The van der Waals surface area contributed by atoms with Crippen molar-refractivity contribution in [2.45, 2.75) is 10.8 Å². The molecule has 3 aliphatic rings. The van der Waals surface area contributed by atoms with E-state index >= 15 is 0 Å². The molecule has 13 aromatic rings. The lowest BCUT2D eigenvalue weighted by molar-refractivity contribution is 0.633. The Morgan fingerprint density at radius 3 is 1.45 bits per heavy atom. The minimum atomic E-state index is -0.644. The SMILES string of the molecule is c1ccc2c(c1)-c1ccccc1C21c2ccccc2C2(c3ccccc3-c3cc4c5ccc6ccccc6c5n(-c5nc(-c6ccc7ccccc7c6)c6ccccc6n5)c4cc32)c2ccccc21. The predicted octanol–water partition coefficient (Wildman–Crippen LogP) is 15.7. The van der Waals surface area contributed by atoms with E-state index in [9.17, 15) is 0 Å². The third kappa shape index (κ3) is 4.58. The number of nitrogens with zero attached hydrogens (tertiary/aromatic N) is 3. The Labute approximate surface area is 398 Å². The van der Waals surface area contributed by atoms with Crippen molar-refractivity contribution in [2.24, 2.45) is 0 Å². The quantitative estimate of drug-likeness (QED) is 0.173. The number of aromatic nitrogens is 3. The molecule has 3 heteroatoms. The van der Waals surface area contributed by atoms with Gasteiger partial charge in [-0.15, -0.1) is 0 Å². The van der Waals surface area contributed by atoms with Gasteiger partial charge in [-0.3, -0.25) is 4.57 Å². The number of para-hydroxylation sites is 1. The van der Waals surface area contributed by atoms with E-state index < -0.39 is 10.8 Å². The fraction of sp³-hybridized carbons (Fsp3) is 0.0303. The first-order valence-electron chi connectivity index (χ1n) is 24.0. The summed E-state index contributed by atoms with van der Waals surface area (Å²) in [6.45, 7) is 0. The molecule has 2 spiro atoms. The minimum Gasteiger partial charge on any atom is -0.277 e. The third-order valence-electron chi connectivity index (χ3n) is 16.1. The van der Waals surface area contributed by atoms with Gasteiger partial charge in [0.15, 0.2) is 0 Å². The molecule has 3 nitrogen and oxygen atoms in total. The second-order valence-electron chi connectivity index (χ2n) is 19.1. The second-order valence-corrected chi connectivity index (χ2v) is 19.1. The standard InChI is InChI=1S/C66H39N3/c1-2-19-42-37-43(34-33-40(42)17-1)62-49-24-8-16-32-60(49)67-64(68-62)69-61-39-59-50(38-51(61)48-36-35-41-18-3-4-20-44(41)63(48)69)47-23-7-11-27-54(47)66(59)57-30-14-12-28-55(57)65(56-29-13-15-31-58(56)66)52-25-9-5-21-45(52)46-22-6-10-26-53(46)65/h1-39H. The molecule has 16 rings (SSSR count). The molecule has 0 fully saturated rings. The van der Waals surface area contributed by atoms with Crippen LogP contribution < -0.4 is 0 Å². The summed E-state index contributed by atoms with van der Waals surface area (Å²) >= 11 is 0. The Balaban J connectivity index is 1.06. The van der Waals surface area contributed by atoms with E-state index in [-0.39, 0.29) is 0 Å². The maximum atomic E-state index is 5.68. The first-order chi connectivity index (χ1) is 34.2. The summed E-state index contributed by atoms with van der Waals surface area (Å²) in [7, 11) is 0. The molecular weight excluding hydrogens is 835 g/mol. The molecule has 2 heterocycles. The van der Waals surface area contributed by atoms with Crippen LogP contribution in [-0.2, 0) is 10.8 Å². The maximum absolute atomic E-state index is 5.68. The highest BCUT2D eigenvalue weighted by atomic mass is 15.2. The van der Waals surface area contributed by atoms with Gasteiger partial charge >= 0.3 is 0 Å². The molecule has 2 aromatic heterocycles. The summed E-state index contributed by atoms with van der Waals surface area (Å²) in [5.41, 5.74) is 19.6. The van der Waals surface area contributed by atoms with E-state index in [1.165, 1.54) is 99.1 Å². The molecule has 0 saturated heterocycles. The molecular formula is C66H39N3. The van der Waals surface area contributed by atoms with Crippen LogP contribution in [0.3, 0.4) is 0 Å². The minimum absolute atomic E-state index is 0.515. The topological polar surface area (TPSA) is 30.7 Å². The normalized spacial score (nSPS) is 14.3. The van der Waals surface area contributed by atoms with Gasteiger partial charge in [-0.25, -0.2) is 9.97 Å². The van der Waals surface area contributed by atoms with Crippen LogP contribution in [0, 0.1) is 0 Å².